The summed E-state index contributed by atoms with van der Waals surface area (Å²) >= 11 is 0. The highest BCUT2D eigenvalue weighted by Gasteiger charge is 2.25. The largest absolute Gasteiger partial charge is 0.355 e. The molecule has 1 atom stereocenters. The average Bonchev–Trinajstić information content (AvgIpc) is 2.56. The monoisotopic (exact) mass is 295 g/mol. The van der Waals surface area contributed by atoms with Crippen LogP contribution in [-0.4, -0.2) is 28.4 Å². The van der Waals surface area contributed by atoms with Crippen molar-refractivity contribution < 1.29 is 4.79 Å². The summed E-state index contributed by atoms with van der Waals surface area (Å²) in [7, 11) is 0. The molecule has 1 amide bonds. The molecule has 22 heavy (non-hydrogen) atoms. The van der Waals surface area contributed by atoms with E-state index < -0.39 is 0 Å². The van der Waals surface area contributed by atoms with E-state index in [0.29, 0.717) is 6.04 Å². The number of anilines is 2. The Morgan fingerprint density at radius 2 is 1.95 bits per heavy atom. The van der Waals surface area contributed by atoms with E-state index in [1.54, 1.807) is 12.4 Å². The van der Waals surface area contributed by atoms with Gasteiger partial charge in [0.15, 0.2) is 0 Å². The van der Waals surface area contributed by atoms with Gasteiger partial charge in [-0.05, 0) is 50.5 Å². The maximum absolute atomic E-state index is 12.9. The predicted octanol–water partition coefficient (Wildman–Crippen LogP) is 3.84. The zero-order valence-corrected chi connectivity index (χ0v) is 12.8. The number of hydrogen-bond donors (Lipinski definition) is 1. The summed E-state index contributed by atoms with van der Waals surface area (Å²) in [4.78, 5) is 18.9. The van der Waals surface area contributed by atoms with Crippen molar-refractivity contribution in [1.29, 1.82) is 0 Å². The van der Waals surface area contributed by atoms with Crippen molar-refractivity contribution in [3.8, 4) is 0 Å². The van der Waals surface area contributed by atoms with Gasteiger partial charge in [0.1, 0.15) is 0 Å². The molecule has 4 heteroatoms. The van der Waals surface area contributed by atoms with E-state index in [1.807, 2.05) is 41.3 Å². The molecule has 1 aromatic carbocycles. The van der Waals surface area contributed by atoms with Gasteiger partial charge in [0.2, 0.25) is 0 Å². The first-order valence-corrected chi connectivity index (χ1v) is 7.83. The molecule has 0 saturated carbocycles. The summed E-state index contributed by atoms with van der Waals surface area (Å²) in [6.07, 6.45) is 6.86. The zero-order chi connectivity index (χ0) is 15.4. The van der Waals surface area contributed by atoms with Crippen LogP contribution in [0.2, 0.25) is 0 Å². The number of amides is 1. The van der Waals surface area contributed by atoms with E-state index in [1.165, 1.54) is 6.42 Å². The van der Waals surface area contributed by atoms with Gasteiger partial charge in [0.25, 0.3) is 5.91 Å². The standard InChI is InChI=1S/C18H21N3O/c1-14-6-4-5-13-21(14)18(22)16-7-2-3-8-17(16)20-15-9-11-19-12-10-15/h2-3,7-12,14H,4-6,13H2,1H3,(H,19,20). The Bertz CT molecular complexity index is 642. The maximum Gasteiger partial charge on any atom is 0.256 e. The van der Waals surface area contributed by atoms with Gasteiger partial charge in [-0.3, -0.25) is 9.78 Å². The van der Waals surface area contributed by atoms with E-state index in [-0.39, 0.29) is 5.91 Å². The second kappa shape index (κ2) is 6.60. The topological polar surface area (TPSA) is 45.2 Å². The Morgan fingerprint density at radius 3 is 2.73 bits per heavy atom. The predicted molar refractivity (Wildman–Crippen MR) is 88.3 cm³/mol. The molecule has 1 unspecified atom stereocenters. The Labute approximate surface area is 131 Å². The first kappa shape index (κ1) is 14.6. The lowest BCUT2D eigenvalue weighted by Gasteiger charge is -2.34. The van der Waals surface area contributed by atoms with Gasteiger partial charge in [-0.25, -0.2) is 0 Å². The van der Waals surface area contributed by atoms with Crippen molar-refractivity contribution in [1.82, 2.24) is 9.88 Å². The molecule has 0 spiro atoms. The quantitative estimate of drug-likeness (QED) is 0.935. The number of benzene rings is 1. The molecule has 114 valence electrons. The molecule has 1 saturated heterocycles. The van der Waals surface area contributed by atoms with Crippen LogP contribution in [0.5, 0.6) is 0 Å². The molecule has 4 nitrogen and oxygen atoms in total. The number of carbonyl (C=O) groups is 1. The van der Waals surface area contributed by atoms with Crippen LogP contribution in [0.15, 0.2) is 48.8 Å². The number of carbonyl (C=O) groups excluding carboxylic acids is 1. The Hall–Kier alpha value is -2.36. The molecule has 1 N–H and O–H groups in total. The van der Waals surface area contributed by atoms with Crippen LogP contribution in [0.4, 0.5) is 11.4 Å². The highest BCUT2D eigenvalue weighted by atomic mass is 16.2. The van der Waals surface area contributed by atoms with Crippen molar-refractivity contribution in [2.24, 2.45) is 0 Å². The highest BCUT2D eigenvalue weighted by molar-refractivity contribution is 6.00. The number of nitrogens with zero attached hydrogens (tertiary/aromatic N) is 2. The van der Waals surface area contributed by atoms with Crippen molar-refractivity contribution >= 4 is 17.3 Å². The summed E-state index contributed by atoms with van der Waals surface area (Å²) in [6.45, 7) is 2.99. The van der Waals surface area contributed by atoms with Gasteiger partial charge in [0.05, 0.1) is 11.3 Å². The van der Waals surface area contributed by atoms with Crippen LogP contribution >= 0.6 is 0 Å². The zero-order valence-electron chi connectivity index (χ0n) is 12.8. The molecule has 1 aromatic heterocycles. The summed E-state index contributed by atoms with van der Waals surface area (Å²) in [5, 5.41) is 3.32. The van der Waals surface area contributed by atoms with Gasteiger partial charge in [0, 0.05) is 30.7 Å². The number of para-hydroxylation sites is 1. The SMILES string of the molecule is CC1CCCCN1C(=O)c1ccccc1Nc1ccncc1. The Kier molecular flexibility index (Phi) is 4.37. The highest BCUT2D eigenvalue weighted by Crippen LogP contribution is 2.25. The van der Waals surface area contributed by atoms with Crippen molar-refractivity contribution in [3.63, 3.8) is 0 Å². The van der Waals surface area contributed by atoms with Crippen LogP contribution in [-0.2, 0) is 0 Å². The first-order chi connectivity index (χ1) is 10.8. The lowest BCUT2D eigenvalue weighted by molar-refractivity contribution is 0.0636. The molecule has 2 heterocycles. The molecule has 0 bridgehead atoms. The second-order valence-corrected chi connectivity index (χ2v) is 5.75. The number of aromatic nitrogens is 1. The average molecular weight is 295 g/mol. The molecule has 0 radical (unpaired) electrons. The maximum atomic E-state index is 12.9. The smallest absolute Gasteiger partial charge is 0.256 e. The van der Waals surface area contributed by atoms with E-state index >= 15 is 0 Å². The van der Waals surface area contributed by atoms with Crippen LogP contribution < -0.4 is 5.32 Å². The molecular weight excluding hydrogens is 274 g/mol. The van der Waals surface area contributed by atoms with Gasteiger partial charge < -0.3 is 10.2 Å². The van der Waals surface area contributed by atoms with Crippen molar-refractivity contribution in [2.75, 3.05) is 11.9 Å². The normalized spacial score (nSPS) is 18.0. The number of likely N-dealkylation sites (tertiary alicyclic amines) is 1. The molecular formula is C18H21N3O. The van der Waals surface area contributed by atoms with E-state index in [9.17, 15) is 4.79 Å². The number of piperidine rings is 1. The number of pyridine rings is 1. The molecule has 1 aliphatic heterocycles. The van der Waals surface area contributed by atoms with Crippen LogP contribution in [0.25, 0.3) is 0 Å². The minimum atomic E-state index is 0.115. The summed E-state index contributed by atoms with van der Waals surface area (Å²) in [6, 6.07) is 11.8. The summed E-state index contributed by atoms with van der Waals surface area (Å²) in [5.41, 5.74) is 2.51. The fourth-order valence-corrected chi connectivity index (χ4v) is 2.92. The van der Waals surface area contributed by atoms with Gasteiger partial charge in [-0.2, -0.15) is 0 Å². The number of rotatable bonds is 3. The minimum Gasteiger partial charge on any atom is -0.355 e. The van der Waals surface area contributed by atoms with Crippen LogP contribution in [0.3, 0.4) is 0 Å². The Balaban J connectivity index is 1.86. The third-order valence-electron chi connectivity index (χ3n) is 4.18. The van der Waals surface area contributed by atoms with E-state index in [4.69, 9.17) is 0 Å². The van der Waals surface area contributed by atoms with Gasteiger partial charge in [-0.15, -0.1) is 0 Å². The summed E-state index contributed by atoms with van der Waals surface area (Å²) < 4.78 is 0. The van der Waals surface area contributed by atoms with Crippen molar-refractivity contribution in [3.05, 3.63) is 54.4 Å². The third kappa shape index (κ3) is 3.11. The molecule has 0 aliphatic carbocycles. The van der Waals surface area contributed by atoms with E-state index in [2.05, 4.69) is 17.2 Å². The molecule has 1 fully saturated rings. The van der Waals surface area contributed by atoms with Crippen LogP contribution in [0.1, 0.15) is 36.5 Å². The molecule has 1 aliphatic rings. The minimum absolute atomic E-state index is 0.115. The van der Waals surface area contributed by atoms with E-state index in [0.717, 1.165) is 36.3 Å². The first-order valence-electron chi connectivity index (χ1n) is 7.83. The second-order valence-electron chi connectivity index (χ2n) is 5.75. The number of nitrogens with one attached hydrogen (secondary N) is 1. The van der Waals surface area contributed by atoms with Gasteiger partial charge >= 0.3 is 0 Å². The van der Waals surface area contributed by atoms with Crippen LogP contribution in [0, 0.1) is 0 Å². The van der Waals surface area contributed by atoms with Crippen molar-refractivity contribution in [2.45, 2.75) is 32.2 Å². The molecule has 3 rings (SSSR count). The third-order valence-corrected chi connectivity index (χ3v) is 4.18. The van der Waals surface area contributed by atoms with Gasteiger partial charge in [-0.1, -0.05) is 12.1 Å². The fourth-order valence-electron chi connectivity index (χ4n) is 2.92. The summed E-state index contributed by atoms with van der Waals surface area (Å²) in [5.74, 6) is 0.115. The lowest BCUT2D eigenvalue weighted by atomic mass is 10.0. The molecule has 2 aromatic rings. The fraction of sp³-hybridized carbons (Fsp3) is 0.333. The Morgan fingerprint density at radius 1 is 1.18 bits per heavy atom. The number of hydrogen-bond acceptors (Lipinski definition) is 3. The lowest BCUT2D eigenvalue weighted by Crippen LogP contribution is -2.42.